The van der Waals surface area contributed by atoms with E-state index < -0.39 is 7.75 Å². The summed E-state index contributed by atoms with van der Waals surface area (Å²) >= 11 is 0. The molecule has 0 heterocycles. The number of rotatable bonds is 7. The van der Waals surface area contributed by atoms with Gasteiger partial charge in [-0.2, -0.15) is 0 Å². The minimum atomic E-state index is -3.37. The summed E-state index contributed by atoms with van der Waals surface area (Å²) in [6.45, 7) is 8.33. The highest BCUT2D eigenvalue weighted by molar-refractivity contribution is 7.55. The molecule has 23 heavy (non-hydrogen) atoms. The van der Waals surface area contributed by atoms with E-state index in [1.165, 1.54) is 0 Å². The van der Waals surface area contributed by atoms with Gasteiger partial charge in [0.1, 0.15) is 0 Å². The van der Waals surface area contributed by atoms with E-state index in [-0.39, 0.29) is 0 Å². The summed E-state index contributed by atoms with van der Waals surface area (Å²) in [5.41, 5.74) is 5.14. The van der Waals surface area contributed by atoms with E-state index in [4.69, 9.17) is 9.05 Å². The molecule has 0 spiro atoms. The van der Waals surface area contributed by atoms with Crippen molar-refractivity contribution < 1.29 is 13.6 Å². The Bertz CT molecular complexity index is 705. The first-order valence-electron chi connectivity index (χ1n) is 7.83. The zero-order valence-electron chi connectivity index (χ0n) is 14.1. The maximum Gasteiger partial charge on any atom is 0.432 e. The van der Waals surface area contributed by atoms with Crippen molar-refractivity contribution >= 4 is 13.4 Å². The average molecular weight is 333 g/mol. The van der Waals surface area contributed by atoms with Crippen LogP contribution in [0.4, 0.5) is 5.69 Å². The van der Waals surface area contributed by atoms with Gasteiger partial charge in [-0.25, -0.2) is 4.57 Å². The lowest BCUT2D eigenvalue weighted by molar-refractivity contribution is 0.225. The van der Waals surface area contributed by atoms with Crippen LogP contribution in [0.2, 0.25) is 0 Å². The highest BCUT2D eigenvalue weighted by atomic mass is 31.2. The van der Waals surface area contributed by atoms with Gasteiger partial charge in [-0.05, 0) is 50.5 Å². The third-order valence-electron chi connectivity index (χ3n) is 3.54. The number of aryl methyl sites for hydroxylation is 2. The first-order chi connectivity index (χ1) is 11.0. The van der Waals surface area contributed by atoms with Crippen molar-refractivity contribution in [1.29, 1.82) is 0 Å². The second-order valence-electron chi connectivity index (χ2n) is 5.26. The smallest absolute Gasteiger partial charge is 0.293 e. The van der Waals surface area contributed by atoms with Gasteiger partial charge in [-0.15, -0.1) is 0 Å². The van der Waals surface area contributed by atoms with Gasteiger partial charge in [0.25, 0.3) is 0 Å². The molecule has 0 saturated carbocycles. The molecule has 0 radical (unpaired) electrons. The number of anilines is 1. The predicted molar refractivity (Wildman–Crippen MR) is 95.8 cm³/mol. The van der Waals surface area contributed by atoms with Crippen LogP contribution < -0.4 is 5.09 Å². The van der Waals surface area contributed by atoms with Gasteiger partial charge >= 0.3 is 7.75 Å². The third kappa shape index (κ3) is 4.23. The van der Waals surface area contributed by atoms with Crippen molar-refractivity contribution in [2.24, 2.45) is 0 Å². The lowest BCUT2D eigenvalue weighted by Crippen LogP contribution is -2.06. The monoisotopic (exact) mass is 333 g/mol. The van der Waals surface area contributed by atoms with Gasteiger partial charge in [0.2, 0.25) is 0 Å². The first kappa shape index (κ1) is 17.7. The molecule has 2 aromatic rings. The van der Waals surface area contributed by atoms with Crippen molar-refractivity contribution in [1.82, 2.24) is 0 Å². The van der Waals surface area contributed by atoms with E-state index in [9.17, 15) is 4.57 Å². The van der Waals surface area contributed by atoms with Crippen LogP contribution in [0.5, 0.6) is 0 Å². The summed E-state index contributed by atoms with van der Waals surface area (Å²) in [5.74, 6) is 0. The van der Waals surface area contributed by atoms with Crippen LogP contribution in [0.3, 0.4) is 0 Å². The zero-order chi connectivity index (χ0) is 16.9. The van der Waals surface area contributed by atoms with Crippen LogP contribution in [0, 0.1) is 13.8 Å². The van der Waals surface area contributed by atoms with Gasteiger partial charge in [0.15, 0.2) is 0 Å². The Kier molecular flexibility index (Phi) is 6.00. The molecule has 0 unspecified atom stereocenters. The second-order valence-corrected chi connectivity index (χ2v) is 6.99. The predicted octanol–water partition coefficient (Wildman–Crippen LogP) is 5.56. The maximum atomic E-state index is 12.8. The van der Waals surface area contributed by atoms with Gasteiger partial charge in [-0.3, -0.25) is 14.1 Å². The molecular weight excluding hydrogens is 309 g/mol. The van der Waals surface area contributed by atoms with Gasteiger partial charge in [-0.1, -0.05) is 36.4 Å². The third-order valence-corrected chi connectivity index (χ3v) is 5.25. The van der Waals surface area contributed by atoms with Crippen molar-refractivity contribution in [3.05, 3.63) is 53.6 Å². The van der Waals surface area contributed by atoms with Crippen molar-refractivity contribution in [3.63, 3.8) is 0 Å². The highest BCUT2D eigenvalue weighted by Gasteiger charge is 2.25. The van der Waals surface area contributed by atoms with Crippen LogP contribution >= 0.6 is 7.75 Å². The molecule has 0 aliphatic carbocycles. The summed E-state index contributed by atoms with van der Waals surface area (Å²) in [4.78, 5) is 0. The second kappa shape index (κ2) is 7.78. The normalized spacial score (nSPS) is 11.5. The van der Waals surface area contributed by atoms with Crippen LogP contribution in [0.1, 0.15) is 25.0 Å². The Hall–Kier alpha value is -1.61. The lowest BCUT2D eigenvalue weighted by Gasteiger charge is -2.22. The minimum Gasteiger partial charge on any atom is -0.293 e. The van der Waals surface area contributed by atoms with Crippen molar-refractivity contribution in [2.45, 2.75) is 27.7 Å². The molecule has 0 atom stereocenters. The standard InChI is InChI=1S/C18H24NO3P/c1-5-21-23(20,22-6-2)19-17-13-9-11-15(4)18(17)16-12-8-7-10-14(16)3/h7-13H,5-6H2,1-4H3,(H,19,20). The highest BCUT2D eigenvalue weighted by Crippen LogP contribution is 2.50. The molecule has 2 rings (SSSR count). The molecule has 0 amide bonds. The largest absolute Gasteiger partial charge is 0.432 e. The number of hydrogen-bond acceptors (Lipinski definition) is 3. The number of benzene rings is 2. The molecule has 1 N–H and O–H groups in total. The van der Waals surface area contributed by atoms with E-state index in [0.29, 0.717) is 13.2 Å². The van der Waals surface area contributed by atoms with Gasteiger partial charge in [0, 0.05) is 5.56 Å². The molecule has 2 aromatic carbocycles. The summed E-state index contributed by atoms with van der Waals surface area (Å²) in [7, 11) is -3.37. The fourth-order valence-electron chi connectivity index (χ4n) is 2.56. The Labute approximate surface area is 138 Å². The summed E-state index contributed by atoms with van der Waals surface area (Å²) < 4.78 is 23.5. The average Bonchev–Trinajstić information content (AvgIpc) is 2.49. The van der Waals surface area contributed by atoms with E-state index in [2.05, 4.69) is 24.1 Å². The van der Waals surface area contributed by atoms with Crippen molar-refractivity contribution in [3.8, 4) is 11.1 Å². The molecule has 0 aliphatic rings. The van der Waals surface area contributed by atoms with Crippen LogP contribution in [-0.4, -0.2) is 13.2 Å². The van der Waals surface area contributed by atoms with Crippen LogP contribution in [-0.2, 0) is 13.6 Å². The molecule has 0 aliphatic heterocycles. The molecule has 0 bridgehead atoms. The molecular formula is C18H24NO3P. The maximum absolute atomic E-state index is 12.8. The van der Waals surface area contributed by atoms with E-state index in [0.717, 1.165) is 27.9 Å². The molecule has 5 heteroatoms. The fourth-order valence-corrected chi connectivity index (χ4v) is 3.93. The SMILES string of the molecule is CCOP(=O)(Nc1cccc(C)c1-c1ccccc1C)OCC. The summed E-state index contributed by atoms with van der Waals surface area (Å²) in [5, 5.41) is 3.00. The zero-order valence-corrected chi connectivity index (χ0v) is 15.0. The van der Waals surface area contributed by atoms with E-state index >= 15 is 0 Å². The molecule has 0 fully saturated rings. The molecule has 4 nitrogen and oxygen atoms in total. The van der Waals surface area contributed by atoms with E-state index in [1.54, 1.807) is 13.8 Å². The topological polar surface area (TPSA) is 47.6 Å². The van der Waals surface area contributed by atoms with Crippen molar-refractivity contribution in [2.75, 3.05) is 18.3 Å². The number of hydrogen-bond donors (Lipinski definition) is 1. The Morgan fingerprint density at radius 1 is 0.913 bits per heavy atom. The molecule has 0 saturated heterocycles. The molecule has 0 aromatic heterocycles. The summed E-state index contributed by atoms with van der Waals surface area (Å²) in [6, 6.07) is 14.0. The quantitative estimate of drug-likeness (QED) is 0.674. The Balaban J connectivity index is 2.50. The summed E-state index contributed by atoms with van der Waals surface area (Å²) in [6.07, 6.45) is 0. The van der Waals surface area contributed by atoms with Gasteiger partial charge < -0.3 is 0 Å². The lowest BCUT2D eigenvalue weighted by atomic mass is 9.95. The molecule has 124 valence electrons. The number of nitrogens with one attached hydrogen (secondary N) is 1. The Morgan fingerprint density at radius 2 is 1.52 bits per heavy atom. The van der Waals surface area contributed by atoms with E-state index in [1.807, 2.05) is 37.3 Å². The Morgan fingerprint density at radius 3 is 2.13 bits per heavy atom. The minimum absolute atomic E-state index is 0.315. The first-order valence-corrected chi connectivity index (χ1v) is 9.38. The fraction of sp³-hybridized carbons (Fsp3) is 0.333. The van der Waals surface area contributed by atoms with Gasteiger partial charge in [0.05, 0.1) is 18.9 Å². The van der Waals surface area contributed by atoms with Crippen LogP contribution in [0.15, 0.2) is 42.5 Å². The van der Waals surface area contributed by atoms with Crippen LogP contribution in [0.25, 0.3) is 11.1 Å².